The molecule has 10 heteroatoms. The van der Waals surface area contributed by atoms with Crippen LogP contribution in [0.3, 0.4) is 0 Å². The topological polar surface area (TPSA) is 94.1 Å². The summed E-state index contributed by atoms with van der Waals surface area (Å²) in [6.45, 7) is 0.352. The first-order valence-electron chi connectivity index (χ1n) is 10.1. The van der Waals surface area contributed by atoms with E-state index in [-0.39, 0.29) is 24.1 Å². The number of hydrogen-bond donors (Lipinski definition) is 1. The molecule has 0 aliphatic carbocycles. The number of hydrogen-bond acceptors (Lipinski definition) is 6. The van der Waals surface area contributed by atoms with Crippen LogP contribution in [-0.2, 0) is 11.2 Å². The predicted molar refractivity (Wildman–Crippen MR) is 120 cm³/mol. The maximum Gasteiger partial charge on any atom is 0.260 e. The minimum Gasteiger partial charge on any atom is -0.336 e. The van der Waals surface area contributed by atoms with E-state index in [1.54, 1.807) is 42.5 Å². The molecule has 0 saturated carbocycles. The molecule has 1 saturated heterocycles. The van der Waals surface area contributed by atoms with Gasteiger partial charge in [-0.3, -0.25) is 14.5 Å². The quantitative estimate of drug-likeness (QED) is 0.448. The van der Waals surface area contributed by atoms with E-state index >= 15 is 0 Å². The number of nitrogens with two attached hydrogens (primary N) is 1. The van der Waals surface area contributed by atoms with Gasteiger partial charge in [0.15, 0.2) is 5.82 Å². The van der Waals surface area contributed by atoms with Crippen molar-refractivity contribution in [1.29, 1.82) is 0 Å². The summed E-state index contributed by atoms with van der Waals surface area (Å²) in [5.41, 5.74) is 0.857. The number of thioether (sulfide) groups is 1. The molecule has 2 amide bonds. The fourth-order valence-corrected chi connectivity index (χ4v) is 4.71. The monoisotopic (exact) mass is 473 g/mol. The van der Waals surface area contributed by atoms with E-state index < -0.39 is 5.25 Å². The van der Waals surface area contributed by atoms with Crippen LogP contribution in [-0.4, -0.2) is 43.4 Å². The Kier molecular flexibility index (Phi) is 6.76. The highest BCUT2D eigenvalue weighted by Crippen LogP contribution is 2.30. The zero-order chi connectivity index (χ0) is 22.7. The Morgan fingerprint density at radius 2 is 1.91 bits per heavy atom. The number of nitrogens with zero attached hydrogens (tertiary/aromatic N) is 4. The third kappa shape index (κ3) is 4.78. The molecule has 1 aliphatic rings. The van der Waals surface area contributed by atoms with Crippen molar-refractivity contribution in [2.75, 3.05) is 12.4 Å². The zero-order valence-electron chi connectivity index (χ0n) is 17.1. The SMILES string of the molecule is Nn1c(Cc2ccccc2F)nnc1SC1CCCCN(C(=O)c2ccc(Cl)cc2)C1=O. The summed E-state index contributed by atoms with van der Waals surface area (Å²) in [6, 6.07) is 12.8. The third-order valence-electron chi connectivity index (χ3n) is 5.27. The lowest BCUT2D eigenvalue weighted by molar-refractivity contribution is -0.127. The van der Waals surface area contributed by atoms with Crippen LogP contribution in [0, 0.1) is 5.82 Å². The number of aromatic nitrogens is 3. The second-order valence-electron chi connectivity index (χ2n) is 7.44. The molecule has 1 atom stereocenters. The van der Waals surface area contributed by atoms with Gasteiger partial charge in [0.1, 0.15) is 5.82 Å². The minimum absolute atomic E-state index is 0.177. The lowest BCUT2D eigenvalue weighted by atomic mass is 10.1. The highest BCUT2D eigenvalue weighted by atomic mass is 35.5. The second-order valence-corrected chi connectivity index (χ2v) is 9.05. The van der Waals surface area contributed by atoms with Crippen LogP contribution in [0.15, 0.2) is 53.7 Å². The summed E-state index contributed by atoms with van der Waals surface area (Å²) < 4.78 is 15.2. The number of carbonyl (C=O) groups excluding carboxylic acids is 2. The summed E-state index contributed by atoms with van der Waals surface area (Å²) in [5, 5.41) is 8.50. The van der Waals surface area contributed by atoms with Crippen LogP contribution >= 0.6 is 23.4 Å². The highest BCUT2D eigenvalue weighted by Gasteiger charge is 2.33. The molecule has 7 nitrogen and oxygen atoms in total. The van der Waals surface area contributed by atoms with Crippen LogP contribution in [0.4, 0.5) is 4.39 Å². The second kappa shape index (κ2) is 9.70. The van der Waals surface area contributed by atoms with Crippen molar-refractivity contribution < 1.29 is 14.0 Å². The maximum atomic E-state index is 14.0. The third-order valence-corrected chi connectivity index (χ3v) is 6.73. The van der Waals surface area contributed by atoms with Gasteiger partial charge in [-0.15, -0.1) is 10.2 Å². The van der Waals surface area contributed by atoms with Crippen LogP contribution in [0.1, 0.15) is 41.0 Å². The Bertz CT molecular complexity index is 1140. The molecular formula is C22H21ClFN5O2S. The Hall–Kier alpha value is -2.91. The van der Waals surface area contributed by atoms with Gasteiger partial charge in [-0.2, -0.15) is 0 Å². The van der Waals surface area contributed by atoms with Crippen molar-refractivity contribution in [1.82, 2.24) is 19.8 Å². The Morgan fingerprint density at radius 1 is 1.16 bits per heavy atom. The number of imide groups is 1. The standard InChI is InChI=1S/C22H21ClFN5O2S/c23-16-10-8-14(9-11-16)20(30)28-12-4-3-7-18(21(28)31)32-22-27-26-19(29(22)25)13-15-5-1-2-6-17(15)24/h1-2,5-6,8-11,18H,3-4,7,12-13,25H2. The molecule has 4 rings (SSSR count). The summed E-state index contributed by atoms with van der Waals surface area (Å²) in [6.07, 6.45) is 2.27. The van der Waals surface area contributed by atoms with E-state index in [9.17, 15) is 14.0 Å². The molecule has 32 heavy (non-hydrogen) atoms. The first-order valence-corrected chi connectivity index (χ1v) is 11.4. The van der Waals surface area contributed by atoms with Gasteiger partial charge in [0, 0.05) is 23.6 Å². The lowest BCUT2D eigenvalue weighted by Gasteiger charge is -2.22. The summed E-state index contributed by atoms with van der Waals surface area (Å²) in [7, 11) is 0. The molecule has 3 aromatic rings. The maximum absolute atomic E-state index is 14.0. The molecule has 1 fully saturated rings. The summed E-state index contributed by atoms with van der Waals surface area (Å²) >= 11 is 7.08. The zero-order valence-corrected chi connectivity index (χ0v) is 18.7. The normalized spacial score (nSPS) is 16.8. The van der Waals surface area contributed by atoms with Crippen molar-refractivity contribution >= 4 is 35.2 Å². The van der Waals surface area contributed by atoms with Gasteiger partial charge in [-0.05, 0) is 48.7 Å². The number of amides is 2. The van der Waals surface area contributed by atoms with Gasteiger partial charge >= 0.3 is 0 Å². The van der Waals surface area contributed by atoms with Crippen molar-refractivity contribution in [2.45, 2.75) is 36.1 Å². The van der Waals surface area contributed by atoms with Crippen LogP contribution in [0.25, 0.3) is 0 Å². The Labute approximate surface area is 193 Å². The first-order chi connectivity index (χ1) is 15.4. The number of rotatable bonds is 5. The highest BCUT2D eigenvalue weighted by molar-refractivity contribution is 8.00. The number of halogens is 2. The minimum atomic E-state index is -0.526. The molecule has 166 valence electrons. The largest absolute Gasteiger partial charge is 0.336 e. The molecule has 0 bridgehead atoms. The average molecular weight is 474 g/mol. The van der Waals surface area contributed by atoms with Gasteiger partial charge in [0.05, 0.1) is 5.25 Å². The molecule has 2 aromatic carbocycles. The molecule has 0 radical (unpaired) electrons. The van der Waals surface area contributed by atoms with E-state index in [0.717, 1.165) is 12.8 Å². The van der Waals surface area contributed by atoms with Crippen molar-refractivity contribution in [3.63, 3.8) is 0 Å². The molecule has 1 aliphatic heterocycles. The van der Waals surface area contributed by atoms with E-state index in [2.05, 4.69) is 10.2 Å². The molecule has 1 aromatic heterocycles. The predicted octanol–water partition coefficient (Wildman–Crippen LogP) is 3.69. The van der Waals surface area contributed by atoms with Gasteiger partial charge in [0.2, 0.25) is 11.1 Å². The molecular weight excluding hydrogens is 453 g/mol. The fourth-order valence-electron chi connectivity index (χ4n) is 3.51. The van der Waals surface area contributed by atoms with Gasteiger partial charge in [-0.25, -0.2) is 9.07 Å². The lowest BCUT2D eigenvalue weighted by Crippen LogP contribution is -2.41. The summed E-state index contributed by atoms with van der Waals surface area (Å²) in [4.78, 5) is 27.4. The van der Waals surface area contributed by atoms with E-state index in [4.69, 9.17) is 17.4 Å². The van der Waals surface area contributed by atoms with E-state index in [1.165, 1.54) is 27.4 Å². The van der Waals surface area contributed by atoms with Crippen molar-refractivity contribution in [3.8, 4) is 0 Å². The molecule has 0 spiro atoms. The van der Waals surface area contributed by atoms with Gasteiger partial charge in [-0.1, -0.05) is 48.0 Å². The molecule has 1 unspecified atom stereocenters. The van der Waals surface area contributed by atoms with Crippen LogP contribution in [0.5, 0.6) is 0 Å². The van der Waals surface area contributed by atoms with Crippen LogP contribution in [0.2, 0.25) is 5.02 Å². The Morgan fingerprint density at radius 3 is 2.66 bits per heavy atom. The van der Waals surface area contributed by atoms with Crippen LogP contribution < -0.4 is 5.84 Å². The van der Waals surface area contributed by atoms with Crippen molar-refractivity contribution in [3.05, 3.63) is 76.3 Å². The first kappa shape index (κ1) is 22.3. The Balaban J connectivity index is 1.50. The fraction of sp³-hybridized carbons (Fsp3) is 0.273. The van der Waals surface area contributed by atoms with Crippen molar-refractivity contribution in [2.24, 2.45) is 0 Å². The smallest absolute Gasteiger partial charge is 0.260 e. The number of nitrogen functional groups attached to an aromatic ring is 1. The number of carbonyl (C=O) groups is 2. The average Bonchev–Trinajstić information content (AvgIpc) is 3.01. The number of benzene rings is 2. The number of likely N-dealkylation sites (tertiary alicyclic amines) is 1. The molecule has 2 N–H and O–H groups in total. The van der Waals surface area contributed by atoms with Gasteiger partial charge < -0.3 is 5.84 Å². The molecule has 2 heterocycles. The van der Waals surface area contributed by atoms with E-state index in [0.29, 0.717) is 40.1 Å². The van der Waals surface area contributed by atoms with E-state index in [1.807, 2.05) is 0 Å². The van der Waals surface area contributed by atoms with Gasteiger partial charge in [0.25, 0.3) is 5.91 Å². The summed E-state index contributed by atoms with van der Waals surface area (Å²) in [5.74, 6) is 5.54.